The Hall–Kier alpha value is -2.28. The van der Waals surface area contributed by atoms with Crippen molar-refractivity contribution in [1.82, 2.24) is 4.90 Å². The van der Waals surface area contributed by atoms with E-state index in [0.717, 1.165) is 12.8 Å². The minimum absolute atomic E-state index is 0.126. The number of aliphatic hydroxyl groups excluding tert-OH is 1. The van der Waals surface area contributed by atoms with E-state index in [1.807, 2.05) is 0 Å². The summed E-state index contributed by atoms with van der Waals surface area (Å²) < 4.78 is 10.4. The van der Waals surface area contributed by atoms with Crippen LogP contribution in [0.25, 0.3) is 0 Å². The Balaban J connectivity index is 2.13. The number of carbonyl (C=O) groups excluding carboxylic acids is 2. The van der Waals surface area contributed by atoms with Gasteiger partial charge in [0.1, 0.15) is 6.23 Å². The number of carbonyl (C=O) groups is 2. The third-order valence-corrected chi connectivity index (χ3v) is 4.03. The van der Waals surface area contributed by atoms with Gasteiger partial charge >= 0.3 is 5.97 Å². The van der Waals surface area contributed by atoms with Gasteiger partial charge in [-0.2, -0.15) is 0 Å². The number of esters is 1. The zero-order valence-corrected chi connectivity index (χ0v) is 12.5. The number of nitrogens with zero attached hydrogens (tertiary/aromatic N) is 1. The molecule has 0 aromatic heterocycles. The number of anilines is 1. The lowest BCUT2D eigenvalue weighted by molar-refractivity contribution is -0.131. The van der Waals surface area contributed by atoms with Crippen LogP contribution in [0.1, 0.15) is 30.1 Å². The second-order valence-corrected chi connectivity index (χ2v) is 5.41. The summed E-state index contributed by atoms with van der Waals surface area (Å²) in [6.45, 7) is 1.88. The fourth-order valence-electron chi connectivity index (χ4n) is 3.06. The van der Waals surface area contributed by atoms with Crippen molar-refractivity contribution in [2.75, 3.05) is 19.0 Å². The fraction of sp³-hybridized carbons (Fsp3) is 0.467. The molecule has 2 atom stereocenters. The molecule has 2 unspecified atom stereocenters. The van der Waals surface area contributed by atoms with Crippen LogP contribution in [0.15, 0.2) is 12.1 Å². The number of fused-ring (bicyclic) bond motifs is 2. The van der Waals surface area contributed by atoms with Crippen molar-refractivity contribution in [3.05, 3.63) is 17.7 Å². The summed E-state index contributed by atoms with van der Waals surface area (Å²) >= 11 is 0. The van der Waals surface area contributed by atoms with Crippen molar-refractivity contribution in [1.29, 1.82) is 0 Å². The van der Waals surface area contributed by atoms with Crippen LogP contribution in [0.5, 0.6) is 11.5 Å². The molecule has 22 heavy (non-hydrogen) atoms. The summed E-state index contributed by atoms with van der Waals surface area (Å²) in [6.07, 6.45) is 0.667. The number of nitrogens with one attached hydrogen (secondary N) is 1. The van der Waals surface area contributed by atoms with Gasteiger partial charge in [0.2, 0.25) is 0 Å². The highest BCUT2D eigenvalue weighted by Crippen LogP contribution is 2.42. The first-order valence-electron chi connectivity index (χ1n) is 7.18. The number of benzene rings is 1. The molecule has 1 saturated heterocycles. The van der Waals surface area contributed by atoms with Gasteiger partial charge in [-0.25, -0.2) is 0 Å². The Labute approximate surface area is 127 Å². The second kappa shape index (κ2) is 5.49. The van der Waals surface area contributed by atoms with Crippen molar-refractivity contribution in [2.45, 2.75) is 32.0 Å². The average molecular weight is 306 g/mol. The normalized spacial score (nSPS) is 23.2. The molecule has 1 amide bonds. The quantitative estimate of drug-likeness (QED) is 0.625. The number of hydrogen-bond donors (Lipinski definition) is 2. The van der Waals surface area contributed by atoms with E-state index in [0.29, 0.717) is 23.5 Å². The SMILES string of the molecule is COc1ccc2c(c1OC(C)=O)NC(O)C1CCCN1C2=O. The van der Waals surface area contributed by atoms with E-state index >= 15 is 0 Å². The predicted octanol–water partition coefficient (Wildman–Crippen LogP) is 0.969. The largest absolute Gasteiger partial charge is 0.493 e. The Kier molecular flexibility index (Phi) is 3.66. The second-order valence-electron chi connectivity index (χ2n) is 5.41. The zero-order chi connectivity index (χ0) is 15.9. The summed E-state index contributed by atoms with van der Waals surface area (Å²) in [5, 5.41) is 13.3. The molecule has 2 N–H and O–H groups in total. The number of amides is 1. The molecule has 1 aromatic carbocycles. The third-order valence-electron chi connectivity index (χ3n) is 4.03. The highest BCUT2D eigenvalue weighted by Gasteiger charge is 2.39. The first-order valence-corrected chi connectivity index (χ1v) is 7.18. The van der Waals surface area contributed by atoms with E-state index in [4.69, 9.17) is 9.47 Å². The molecule has 2 aliphatic rings. The number of hydrogen-bond acceptors (Lipinski definition) is 6. The van der Waals surface area contributed by atoms with Gasteiger partial charge in [0.25, 0.3) is 5.91 Å². The Morgan fingerprint density at radius 2 is 2.23 bits per heavy atom. The highest BCUT2D eigenvalue weighted by atomic mass is 16.6. The minimum atomic E-state index is -0.922. The van der Waals surface area contributed by atoms with E-state index in [-0.39, 0.29) is 17.7 Å². The van der Waals surface area contributed by atoms with E-state index < -0.39 is 12.2 Å². The van der Waals surface area contributed by atoms with Crippen molar-refractivity contribution >= 4 is 17.6 Å². The first-order chi connectivity index (χ1) is 10.5. The van der Waals surface area contributed by atoms with Gasteiger partial charge in [0, 0.05) is 13.5 Å². The summed E-state index contributed by atoms with van der Waals surface area (Å²) in [5.74, 6) is -0.262. The monoisotopic (exact) mass is 306 g/mol. The molecule has 2 heterocycles. The summed E-state index contributed by atoms with van der Waals surface area (Å²) in [5.41, 5.74) is 0.655. The average Bonchev–Trinajstić information content (AvgIpc) is 2.93. The molecular weight excluding hydrogens is 288 g/mol. The zero-order valence-electron chi connectivity index (χ0n) is 12.5. The van der Waals surface area contributed by atoms with Gasteiger partial charge in [0.05, 0.1) is 24.4 Å². The Morgan fingerprint density at radius 1 is 1.45 bits per heavy atom. The topological polar surface area (TPSA) is 88.1 Å². The molecule has 0 radical (unpaired) electrons. The molecule has 1 aromatic rings. The maximum Gasteiger partial charge on any atom is 0.308 e. The van der Waals surface area contributed by atoms with Crippen molar-refractivity contribution < 1.29 is 24.2 Å². The standard InChI is InChI=1S/C15H18N2O5/c1-8(18)22-13-11(21-2)6-5-9-12(13)16-14(19)10-4-3-7-17(10)15(9)20/h5-6,10,14,16,19H,3-4,7H2,1-2H3. The van der Waals surface area contributed by atoms with E-state index in [9.17, 15) is 14.7 Å². The minimum Gasteiger partial charge on any atom is -0.493 e. The molecule has 1 fully saturated rings. The van der Waals surface area contributed by atoms with Crippen molar-refractivity contribution in [3.8, 4) is 11.5 Å². The Morgan fingerprint density at radius 3 is 2.91 bits per heavy atom. The van der Waals surface area contributed by atoms with E-state index in [1.165, 1.54) is 14.0 Å². The summed E-state index contributed by atoms with van der Waals surface area (Å²) in [6, 6.07) is 2.92. The molecule has 0 aliphatic carbocycles. The van der Waals surface area contributed by atoms with Gasteiger partial charge in [-0.05, 0) is 25.0 Å². The maximum absolute atomic E-state index is 12.7. The molecule has 0 spiro atoms. The predicted molar refractivity (Wildman–Crippen MR) is 78.0 cm³/mol. The maximum atomic E-state index is 12.7. The van der Waals surface area contributed by atoms with E-state index in [1.54, 1.807) is 17.0 Å². The van der Waals surface area contributed by atoms with Gasteiger partial charge < -0.3 is 24.8 Å². The van der Waals surface area contributed by atoms with Gasteiger partial charge in [-0.15, -0.1) is 0 Å². The smallest absolute Gasteiger partial charge is 0.308 e. The van der Waals surface area contributed by atoms with Crippen LogP contribution < -0.4 is 14.8 Å². The van der Waals surface area contributed by atoms with Crippen LogP contribution in [0.3, 0.4) is 0 Å². The number of aliphatic hydroxyl groups is 1. The third kappa shape index (κ3) is 2.27. The van der Waals surface area contributed by atoms with Crippen molar-refractivity contribution in [3.63, 3.8) is 0 Å². The fourth-order valence-corrected chi connectivity index (χ4v) is 3.06. The van der Waals surface area contributed by atoms with Crippen molar-refractivity contribution in [2.24, 2.45) is 0 Å². The van der Waals surface area contributed by atoms with Crippen LogP contribution in [0.4, 0.5) is 5.69 Å². The molecule has 7 heteroatoms. The highest BCUT2D eigenvalue weighted by molar-refractivity contribution is 6.03. The molecule has 3 rings (SSSR count). The summed E-state index contributed by atoms with van der Waals surface area (Å²) in [4.78, 5) is 25.7. The van der Waals surface area contributed by atoms with E-state index in [2.05, 4.69) is 5.32 Å². The molecule has 118 valence electrons. The lowest BCUT2D eigenvalue weighted by Gasteiger charge is -2.25. The molecule has 2 aliphatic heterocycles. The Bertz CT molecular complexity index is 631. The van der Waals surface area contributed by atoms with Gasteiger partial charge in [-0.1, -0.05) is 0 Å². The van der Waals surface area contributed by atoms with Crippen LogP contribution in [0, 0.1) is 0 Å². The molecular formula is C15H18N2O5. The first kappa shape index (κ1) is 14.6. The summed E-state index contributed by atoms with van der Waals surface area (Å²) in [7, 11) is 1.45. The number of rotatable bonds is 2. The van der Waals surface area contributed by atoms with Crippen LogP contribution >= 0.6 is 0 Å². The van der Waals surface area contributed by atoms with Crippen LogP contribution in [0.2, 0.25) is 0 Å². The molecule has 0 bridgehead atoms. The molecule has 0 saturated carbocycles. The van der Waals surface area contributed by atoms with Crippen LogP contribution in [-0.2, 0) is 4.79 Å². The van der Waals surface area contributed by atoms with Gasteiger partial charge in [-0.3, -0.25) is 9.59 Å². The van der Waals surface area contributed by atoms with Crippen LogP contribution in [-0.4, -0.2) is 47.8 Å². The lowest BCUT2D eigenvalue weighted by Crippen LogP contribution is -2.43. The lowest BCUT2D eigenvalue weighted by atomic mass is 10.1. The number of methoxy groups -OCH3 is 1. The van der Waals surface area contributed by atoms with Gasteiger partial charge in [0.15, 0.2) is 11.5 Å². The molecule has 7 nitrogen and oxygen atoms in total. The number of ether oxygens (including phenoxy) is 2.